The Bertz CT molecular complexity index is 1860. The highest BCUT2D eigenvalue weighted by molar-refractivity contribution is 6.11. The molecule has 0 radical (unpaired) electrons. The molecule has 1 amide bonds. The van der Waals surface area contributed by atoms with Crippen molar-refractivity contribution in [3.63, 3.8) is 0 Å². The molecule has 1 aliphatic carbocycles. The highest BCUT2D eigenvalue weighted by atomic mass is 16.5. The minimum Gasteiger partial charge on any atom is -0.497 e. The van der Waals surface area contributed by atoms with Crippen LogP contribution in [-0.2, 0) is 13.1 Å². The van der Waals surface area contributed by atoms with E-state index in [1.165, 1.54) is 6.21 Å². The van der Waals surface area contributed by atoms with Crippen molar-refractivity contribution in [2.75, 3.05) is 40.2 Å². The molecule has 3 aromatic heterocycles. The van der Waals surface area contributed by atoms with Gasteiger partial charge in [-0.2, -0.15) is 0 Å². The van der Waals surface area contributed by atoms with Gasteiger partial charge in [-0.05, 0) is 55.5 Å². The summed E-state index contributed by atoms with van der Waals surface area (Å²) in [6.07, 6.45) is 5.39. The van der Waals surface area contributed by atoms with E-state index >= 15 is 0 Å². The molecule has 0 spiro atoms. The van der Waals surface area contributed by atoms with Crippen molar-refractivity contribution < 1.29 is 19.0 Å². The number of amides is 1. The van der Waals surface area contributed by atoms with E-state index in [1.54, 1.807) is 58.8 Å². The first-order valence-corrected chi connectivity index (χ1v) is 15.5. The Morgan fingerprint density at radius 2 is 1.94 bits per heavy atom. The summed E-state index contributed by atoms with van der Waals surface area (Å²) in [4.78, 5) is 27.6. The monoisotopic (exact) mass is 652 g/mol. The molecule has 48 heavy (non-hydrogen) atoms. The molecular formula is C34H40N10O4. The van der Waals surface area contributed by atoms with Crippen LogP contribution in [0.5, 0.6) is 17.4 Å². The van der Waals surface area contributed by atoms with Gasteiger partial charge in [0.15, 0.2) is 11.6 Å². The third-order valence-electron chi connectivity index (χ3n) is 8.02. The van der Waals surface area contributed by atoms with E-state index < -0.39 is 5.91 Å². The molecule has 0 aliphatic heterocycles. The molecule has 0 saturated heterocycles. The van der Waals surface area contributed by atoms with Gasteiger partial charge in [0.25, 0.3) is 5.91 Å². The molecule has 0 fully saturated rings. The second-order valence-corrected chi connectivity index (χ2v) is 10.9. The minimum atomic E-state index is -0.426. The van der Waals surface area contributed by atoms with Crippen molar-refractivity contribution in [2.24, 2.45) is 10.7 Å². The lowest BCUT2D eigenvalue weighted by molar-refractivity contribution is 0.0946. The highest BCUT2D eigenvalue weighted by Crippen LogP contribution is 2.31. The van der Waals surface area contributed by atoms with Gasteiger partial charge in [-0.1, -0.05) is 6.07 Å². The summed E-state index contributed by atoms with van der Waals surface area (Å²) in [6.45, 7) is 2.95. The molecule has 3 heterocycles. The molecule has 1 aromatic carbocycles. The fourth-order valence-electron chi connectivity index (χ4n) is 5.57. The number of hydrogen-bond acceptors (Lipinski definition) is 12. The zero-order valence-corrected chi connectivity index (χ0v) is 27.8. The summed E-state index contributed by atoms with van der Waals surface area (Å²) in [5, 5.41) is 23.6. The fraction of sp³-hybridized carbons (Fsp3) is 0.324. The number of aliphatic imine (C=N–C) groups is 1. The van der Waals surface area contributed by atoms with Crippen molar-refractivity contribution in [3.8, 4) is 28.9 Å². The Labute approximate surface area is 279 Å². The second-order valence-electron chi connectivity index (χ2n) is 10.9. The number of methoxy groups -OCH3 is 3. The predicted octanol–water partition coefficient (Wildman–Crippen LogP) is 3.98. The summed E-state index contributed by atoms with van der Waals surface area (Å²) < 4.78 is 17.9. The van der Waals surface area contributed by atoms with Crippen LogP contribution < -0.4 is 30.6 Å². The van der Waals surface area contributed by atoms with Crippen LogP contribution in [0.2, 0.25) is 0 Å². The Balaban J connectivity index is 1.61. The third-order valence-corrected chi connectivity index (χ3v) is 8.02. The number of allylic oxidation sites excluding steroid dienone is 2. The van der Waals surface area contributed by atoms with Gasteiger partial charge in [-0.15, -0.1) is 10.2 Å². The van der Waals surface area contributed by atoms with Gasteiger partial charge in [0, 0.05) is 67.2 Å². The van der Waals surface area contributed by atoms with Crippen molar-refractivity contribution in [3.05, 3.63) is 82.1 Å². The number of benzene rings is 1. The maximum absolute atomic E-state index is 13.6. The van der Waals surface area contributed by atoms with Crippen molar-refractivity contribution >= 4 is 23.5 Å². The van der Waals surface area contributed by atoms with Gasteiger partial charge in [0.05, 0.1) is 27.9 Å². The Kier molecular flexibility index (Phi) is 10.6. The molecule has 5 rings (SSSR count). The van der Waals surface area contributed by atoms with Crippen LogP contribution in [0.1, 0.15) is 59.2 Å². The molecule has 0 unspecified atom stereocenters. The number of anilines is 1. The largest absolute Gasteiger partial charge is 0.497 e. The number of ether oxygens (including phenoxy) is 3. The minimum absolute atomic E-state index is 0.125. The average Bonchev–Trinajstić information content (AvgIpc) is 3.74. The van der Waals surface area contributed by atoms with Crippen molar-refractivity contribution in [1.29, 1.82) is 5.41 Å². The summed E-state index contributed by atoms with van der Waals surface area (Å²) >= 11 is 0. The fourth-order valence-corrected chi connectivity index (χ4v) is 5.57. The third kappa shape index (κ3) is 6.97. The number of pyridine rings is 2. The van der Waals surface area contributed by atoms with Crippen molar-refractivity contribution in [1.82, 2.24) is 30.0 Å². The molecule has 14 nitrogen and oxygen atoms in total. The van der Waals surface area contributed by atoms with Crippen LogP contribution in [-0.4, -0.2) is 77.5 Å². The van der Waals surface area contributed by atoms with E-state index in [-0.39, 0.29) is 12.2 Å². The molecule has 5 N–H and O–H groups in total. The molecule has 0 saturated carbocycles. The summed E-state index contributed by atoms with van der Waals surface area (Å²) in [5.74, 6) is 2.13. The van der Waals surface area contributed by atoms with Gasteiger partial charge in [0.1, 0.15) is 28.6 Å². The van der Waals surface area contributed by atoms with Crippen LogP contribution in [0.25, 0.3) is 11.5 Å². The molecule has 1 aliphatic rings. The average molecular weight is 653 g/mol. The van der Waals surface area contributed by atoms with E-state index in [0.717, 1.165) is 41.7 Å². The quantitative estimate of drug-likeness (QED) is 0.145. The number of rotatable bonds is 14. The molecule has 0 atom stereocenters. The van der Waals surface area contributed by atoms with Crippen LogP contribution in [0.15, 0.2) is 58.9 Å². The lowest BCUT2D eigenvalue weighted by atomic mass is 10.1. The SMILES string of the molecule is CCN=C(C1=C(N)CCC1)c1nnc(-c2nc(C(=O)NCc3ccc(OC)cc3OC)cc(NC)c2C=N)n1Cc1ccc(OC)nc1. The Morgan fingerprint density at radius 3 is 2.56 bits per heavy atom. The number of aromatic nitrogens is 5. The molecular weight excluding hydrogens is 612 g/mol. The summed E-state index contributed by atoms with van der Waals surface area (Å²) in [6, 6.07) is 10.7. The first-order chi connectivity index (χ1) is 23.3. The van der Waals surface area contributed by atoms with E-state index in [9.17, 15) is 4.79 Å². The number of nitrogens with two attached hydrogens (primary N) is 1. The molecule has 4 aromatic rings. The molecule has 250 valence electrons. The first-order valence-electron chi connectivity index (χ1n) is 15.5. The lowest BCUT2D eigenvalue weighted by Crippen LogP contribution is -2.25. The second kappa shape index (κ2) is 15.2. The maximum atomic E-state index is 13.6. The van der Waals surface area contributed by atoms with Crippen LogP contribution in [0.3, 0.4) is 0 Å². The maximum Gasteiger partial charge on any atom is 0.270 e. The van der Waals surface area contributed by atoms with E-state index in [0.29, 0.717) is 64.8 Å². The van der Waals surface area contributed by atoms with E-state index in [2.05, 4.69) is 25.8 Å². The predicted molar refractivity (Wildman–Crippen MR) is 183 cm³/mol. The number of carbonyl (C=O) groups excluding carboxylic acids is 1. The normalized spacial score (nSPS) is 13.0. The summed E-state index contributed by atoms with van der Waals surface area (Å²) in [7, 11) is 6.42. The zero-order chi connectivity index (χ0) is 34.2. The zero-order valence-electron chi connectivity index (χ0n) is 27.8. The smallest absolute Gasteiger partial charge is 0.270 e. The van der Waals surface area contributed by atoms with Gasteiger partial charge in [0.2, 0.25) is 5.88 Å². The standard InChI is InChI=1S/C34H40N10O4/c1-6-38-30(23-8-7-9-25(23)36)32-42-43-33(44(32)19-20-10-13-29(48-5)39-17-20)31-24(16-35)26(37-2)15-27(41-31)34(45)40-18-21-11-12-22(46-3)14-28(21)47-4/h10-17,35H,6-9,18-19,36H2,1-5H3,(H,37,41)(H,40,45). The van der Waals surface area contributed by atoms with Crippen molar-refractivity contribution in [2.45, 2.75) is 39.3 Å². The summed E-state index contributed by atoms with van der Waals surface area (Å²) in [5.41, 5.74) is 11.8. The van der Waals surface area contributed by atoms with Crippen LogP contribution >= 0.6 is 0 Å². The highest BCUT2D eigenvalue weighted by Gasteiger charge is 2.28. The van der Waals surface area contributed by atoms with Crippen LogP contribution in [0, 0.1) is 5.41 Å². The van der Waals surface area contributed by atoms with Gasteiger partial charge >= 0.3 is 0 Å². The number of hydrogen-bond donors (Lipinski definition) is 4. The van der Waals surface area contributed by atoms with E-state index in [4.69, 9.17) is 35.3 Å². The number of nitrogens with one attached hydrogen (secondary N) is 3. The number of nitrogens with zero attached hydrogens (tertiary/aromatic N) is 6. The van der Waals surface area contributed by atoms with E-state index in [1.807, 2.05) is 23.6 Å². The molecule has 14 heteroatoms. The Morgan fingerprint density at radius 1 is 1.10 bits per heavy atom. The lowest BCUT2D eigenvalue weighted by Gasteiger charge is -2.16. The molecule has 0 bridgehead atoms. The van der Waals surface area contributed by atoms with Gasteiger partial charge in [-0.25, -0.2) is 9.97 Å². The van der Waals surface area contributed by atoms with Gasteiger partial charge in [-0.3, -0.25) is 14.4 Å². The van der Waals surface area contributed by atoms with Crippen LogP contribution in [0.4, 0.5) is 5.69 Å². The number of carbonyl (C=O) groups is 1. The topological polar surface area (TPSA) is 188 Å². The Hall–Kier alpha value is -5.79. The van der Waals surface area contributed by atoms with Gasteiger partial charge < -0.3 is 36.0 Å². The first kappa shape index (κ1) is 33.6.